The van der Waals surface area contributed by atoms with E-state index >= 15 is 0 Å². The van der Waals surface area contributed by atoms with Gasteiger partial charge >= 0.3 is 5.97 Å². The molecule has 0 fully saturated rings. The van der Waals surface area contributed by atoms with Crippen molar-refractivity contribution in [1.82, 2.24) is 0 Å². The quantitative estimate of drug-likeness (QED) is 0.573. The first-order valence-corrected chi connectivity index (χ1v) is 5.53. The van der Waals surface area contributed by atoms with Gasteiger partial charge in [-0.25, -0.2) is 0 Å². The third-order valence-corrected chi connectivity index (χ3v) is 2.52. The molecule has 5 heteroatoms. The van der Waals surface area contributed by atoms with Crippen LogP contribution in [0.25, 0.3) is 0 Å². The Kier molecular flexibility index (Phi) is 6.65. The van der Waals surface area contributed by atoms with Crippen LogP contribution < -0.4 is 0 Å². The third kappa shape index (κ3) is 4.87. The molecule has 0 rings (SSSR count). The van der Waals surface area contributed by atoms with E-state index in [-0.39, 0.29) is 23.5 Å². The fraction of sp³-hybridized carbons (Fsp3) is 0.714. The lowest BCUT2D eigenvalue weighted by Crippen LogP contribution is -2.20. The second-order valence-electron chi connectivity index (χ2n) is 2.08. The van der Waals surface area contributed by atoms with E-state index in [0.29, 0.717) is 6.61 Å². The Morgan fingerprint density at radius 3 is 2.50 bits per heavy atom. The summed E-state index contributed by atoms with van der Waals surface area (Å²) in [5, 5.41) is 0.252. The van der Waals surface area contributed by atoms with Gasteiger partial charge in [0.2, 0.25) is 0 Å². The maximum atomic E-state index is 10.9. The van der Waals surface area contributed by atoms with Crippen molar-refractivity contribution in [2.45, 2.75) is 18.2 Å². The first kappa shape index (κ1) is 12.1. The number of alkyl halides is 2. The summed E-state index contributed by atoms with van der Waals surface area (Å²) in [6, 6.07) is 0. The van der Waals surface area contributed by atoms with Gasteiger partial charge in [-0.15, -0.1) is 0 Å². The molecule has 0 aromatic heterocycles. The predicted octanol–water partition coefficient (Wildman–Crippen LogP) is 1.67. The fourth-order valence-corrected chi connectivity index (χ4v) is 1.82. The Morgan fingerprint density at radius 2 is 2.08 bits per heavy atom. The summed E-state index contributed by atoms with van der Waals surface area (Å²) >= 11 is 6.11. The van der Waals surface area contributed by atoms with Crippen LogP contribution >= 0.6 is 31.9 Å². The highest BCUT2D eigenvalue weighted by atomic mass is 79.9. The van der Waals surface area contributed by atoms with Gasteiger partial charge in [0.25, 0.3) is 0 Å². The lowest BCUT2D eigenvalue weighted by Gasteiger charge is -2.05. The molecule has 0 saturated heterocycles. The molecule has 3 nitrogen and oxygen atoms in total. The summed E-state index contributed by atoms with van der Waals surface area (Å²) in [5.41, 5.74) is 0. The summed E-state index contributed by atoms with van der Waals surface area (Å²) in [4.78, 5) is 21.4. The van der Waals surface area contributed by atoms with Crippen molar-refractivity contribution in [3.05, 3.63) is 0 Å². The van der Waals surface area contributed by atoms with Gasteiger partial charge in [-0.2, -0.15) is 0 Å². The normalized spacial score (nSPS) is 12.2. The standard InChI is InChI=1S/C7H10Br2O3/c1-2-12-7(11)3-5(9)6(10)4-8/h5H,2-4H2,1H3/t5-/m1/s1. The van der Waals surface area contributed by atoms with Crippen LogP contribution in [0.3, 0.4) is 0 Å². The molecule has 0 bridgehead atoms. The van der Waals surface area contributed by atoms with E-state index in [1.54, 1.807) is 6.92 Å². The number of rotatable bonds is 5. The second kappa shape index (κ2) is 6.60. The van der Waals surface area contributed by atoms with Gasteiger partial charge < -0.3 is 4.74 Å². The molecule has 0 amide bonds. The molecule has 0 spiro atoms. The van der Waals surface area contributed by atoms with Gasteiger partial charge in [0.05, 0.1) is 23.2 Å². The van der Waals surface area contributed by atoms with E-state index in [2.05, 4.69) is 36.6 Å². The van der Waals surface area contributed by atoms with E-state index < -0.39 is 4.83 Å². The highest BCUT2D eigenvalue weighted by molar-refractivity contribution is 9.10. The molecule has 1 atom stereocenters. The Morgan fingerprint density at radius 1 is 1.50 bits per heavy atom. The Hall–Kier alpha value is 0.1000. The van der Waals surface area contributed by atoms with Crippen LogP contribution in [0.5, 0.6) is 0 Å². The number of hydrogen-bond acceptors (Lipinski definition) is 3. The zero-order chi connectivity index (χ0) is 9.56. The van der Waals surface area contributed by atoms with E-state index in [1.165, 1.54) is 0 Å². The fourth-order valence-electron chi connectivity index (χ4n) is 0.564. The largest absolute Gasteiger partial charge is 0.466 e. The molecular formula is C7H10Br2O3. The number of ether oxygens (including phenoxy) is 1. The monoisotopic (exact) mass is 300 g/mol. The number of carbonyl (C=O) groups excluding carboxylic acids is 2. The van der Waals surface area contributed by atoms with Crippen LogP contribution in [0, 0.1) is 0 Å². The smallest absolute Gasteiger partial charge is 0.307 e. The average Bonchev–Trinajstić information content (AvgIpc) is 2.03. The van der Waals surface area contributed by atoms with E-state index in [9.17, 15) is 9.59 Å². The van der Waals surface area contributed by atoms with Crippen LogP contribution in [0.1, 0.15) is 13.3 Å². The minimum Gasteiger partial charge on any atom is -0.466 e. The zero-order valence-electron chi connectivity index (χ0n) is 6.68. The topological polar surface area (TPSA) is 43.4 Å². The summed E-state index contributed by atoms with van der Waals surface area (Å²) < 4.78 is 4.67. The SMILES string of the molecule is CCOC(=O)C[C@@H](Br)C(=O)CBr. The third-order valence-electron chi connectivity index (χ3n) is 1.13. The van der Waals surface area contributed by atoms with Gasteiger partial charge in [0, 0.05) is 0 Å². The first-order valence-electron chi connectivity index (χ1n) is 3.50. The molecule has 0 aliphatic heterocycles. The lowest BCUT2D eigenvalue weighted by molar-refractivity contribution is -0.143. The minimum absolute atomic E-state index is 0.0527. The van der Waals surface area contributed by atoms with E-state index in [4.69, 9.17) is 0 Å². The van der Waals surface area contributed by atoms with Crippen molar-refractivity contribution in [2.24, 2.45) is 0 Å². The molecule has 0 aliphatic carbocycles. The molecule has 0 heterocycles. The maximum Gasteiger partial charge on any atom is 0.307 e. The Labute approximate surface area is 88.1 Å². The molecule has 0 radical (unpaired) electrons. The molecular weight excluding hydrogens is 292 g/mol. The van der Waals surface area contributed by atoms with Crippen molar-refractivity contribution in [3.8, 4) is 0 Å². The molecule has 0 unspecified atom stereocenters. The summed E-state index contributed by atoms with van der Waals surface area (Å²) in [6.45, 7) is 2.08. The highest BCUT2D eigenvalue weighted by Gasteiger charge is 2.17. The van der Waals surface area contributed by atoms with Crippen molar-refractivity contribution >= 4 is 43.6 Å². The number of ketones is 1. The Balaban J connectivity index is 3.75. The number of esters is 1. The van der Waals surface area contributed by atoms with Crippen LogP contribution in [-0.2, 0) is 14.3 Å². The summed E-state index contributed by atoms with van der Waals surface area (Å²) in [5.74, 6) is -0.406. The Bertz CT molecular complexity index is 170. The highest BCUT2D eigenvalue weighted by Crippen LogP contribution is 2.09. The molecule has 70 valence electrons. The predicted molar refractivity (Wildman–Crippen MR) is 52.8 cm³/mol. The molecule has 12 heavy (non-hydrogen) atoms. The van der Waals surface area contributed by atoms with Gasteiger partial charge in [-0.3, -0.25) is 9.59 Å². The van der Waals surface area contributed by atoms with Crippen molar-refractivity contribution in [1.29, 1.82) is 0 Å². The summed E-state index contributed by atoms with van der Waals surface area (Å²) in [7, 11) is 0. The summed E-state index contributed by atoms with van der Waals surface area (Å²) in [6.07, 6.45) is 0.0955. The van der Waals surface area contributed by atoms with E-state index in [0.717, 1.165) is 0 Å². The number of carbonyl (C=O) groups is 2. The van der Waals surface area contributed by atoms with Crippen LogP contribution in [0.4, 0.5) is 0 Å². The number of Topliss-reactive ketones (excluding diaryl/α,β-unsaturated/α-hetero) is 1. The first-order chi connectivity index (χ1) is 5.61. The van der Waals surface area contributed by atoms with Crippen LogP contribution in [0.15, 0.2) is 0 Å². The van der Waals surface area contributed by atoms with Crippen molar-refractivity contribution < 1.29 is 14.3 Å². The second-order valence-corrected chi connectivity index (χ2v) is 3.74. The van der Waals surface area contributed by atoms with E-state index in [1.807, 2.05) is 0 Å². The minimum atomic E-state index is -0.434. The van der Waals surface area contributed by atoms with Gasteiger partial charge in [-0.1, -0.05) is 31.9 Å². The van der Waals surface area contributed by atoms with Crippen LogP contribution in [-0.4, -0.2) is 28.5 Å². The van der Waals surface area contributed by atoms with Gasteiger partial charge in [0.15, 0.2) is 5.78 Å². The lowest BCUT2D eigenvalue weighted by atomic mass is 10.2. The zero-order valence-corrected chi connectivity index (χ0v) is 9.85. The van der Waals surface area contributed by atoms with Crippen molar-refractivity contribution in [3.63, 3.8) is 0 Å². The molecule has 0 aliphatic rings. The van der Waals surface area contributed by atoms with Gasteiger partial charge in [0.1, 0.15) is 0 Å². The van der Waals surface area contributed by atoms with Crippen LogP contribution in [0.2, 0.25) is 0 Å². The molecule has 0 N–H and O–H groups in total. The molecule has 0 saturated carbocycles. The molecule has 0 aromatic carbocycles. The maximum absolute atomic E-state index is 10.9. The number of hydrogen-bond donors (Lipinski definition) is 0. The number of halogens is 2. The molecule has 0 aromatic rings. The average molecular weight is 302 g/mol. The van der Waals surface area contributed by atoms with Gasteiger partial charge in [-0.05, 0) is 6.92 Å². The van der Waals surface area contributed by atoms with Crippen molar-refractivity contribution in [2.75, 3.05) is 11.9 Å².